The van der Waals surface area contributed by atoms with E-state index in [1.165, 1.54) is 14.2 Å². The maximum absolute atomic E-state index is 11.8. The fourth-order valence-electron chi connectivity index (χ4n) is 1.61. The lowest BCUT2D eigenvalue weighted by Gasteiger charge is -2.11. The first-order valence-corrected chi connectivity index (χ1v) is 7.03. The molecule has 1 aromatic rings. The van der Waals surface area contributed by atoms with Crippen molar-refractivity contribution < 1.29 is 33.3 Å². The van der Waals surface area contributed by atoms with Crippen molar-refractivity contribution in [2.24, 2.45) is 0 Å². The zero-order valence-electron chi connectivity index (χ0n) is 13.7. The average Bonchev–Trinajstić information content (AvgIpc) is 2.58. The summed E-state index contributed by atoms with van der Waals surface area (Å²) in [6, 6.07) is 4.87. The van der Waals surface area contributed by atoms with E-state index in [4.69, 9.17) is 14.2 Å². The minimum absolute atomic E-state index is 0.197. The Hall–Kier alpha value is -3.03. The van der Waals surface area contributed by atoms with Crippen LogP contribution in [-0.4, -0.2) is 45.3 Å². The quantitative estimate of drug-likeness (QED) is 0.564. The molecule has 0 aliphatic carbocycles. The van der Waals surface area contributed by atoms with Gasteiger partial charge in [-0.25, -0.2) is 9.59 Å². The Bertz CT molecular complexity index is 625. The van der Waals surface area contributed by atoms with Gasteiger partial charge in [0.2, 0.25) is 0 Å². The van der Waals surface area contributed by atoms with Gasteiger partial charge in [0, 0.05) is 18.2 Å². The molecule has 0 fully saturated rings. The molecule has 130 valence electrons. The molecule has 0 radical (unpaired) electrons. The number of carbonyl (C=O) groups excluding carboxylic acids is 3. The Morgan fingerprint density at radius 2 is 1.71 bits per heavy atom. The number of nitrogens with one attached hydrogen (secondary N) is 1. The van der Waals surface area contributed by atoms with Crippen LogP contribution in [0.2, 0.25) is 0 Å². The van der Waals surface area contributed by atoms with E-state index >= 15 is 0 Å². The molecule has 1 aromatic carbocycles. The van der Waals surface area contributed by atoms with Crippen molar-refractivity contribution in [2.45, 2.75) is 6.92 Å². The average molecular weight is 337 g/mol. The Labute approximate surface area is 139 Å². The van der Waals surface area contributed by atoms with Crippen molar-refractivity contribution in [3.63, 3.8) is 0 Å². The zero-order chi connectivity index (χ0) is 17.9. The van der Waals surface area contributed by atoms with Gasteiger partial charge in [0.1, 0.15) is 11.5 Å². The van der Waals surface area contributed by atoms with E-state index in [0.29, 0.717) is 17.2 Å². The van der Waals surface area contributed by atoms with Crippen LogP contribution in [0, 0.1) is 0 Å². The van der Waals surface area contributed by atoms with Crippen LogP contribution < -0.4 is 14.8 Å². The molecule has 0 saturated heterocycles. The number of benzene rings is 1. The molecule has 0 aromatic heterocycles. The van der Waals surface area contributed by atoms with Gasteiger partial charge in [-0.05, 0) is 19.1 Å². The fraction of sp³-hybridized carbons (Fsp3) is 0.312. The summed E-state index contributed by atoms with van der Waals surface area (Å²) in [5.74, 6) is -1.12. The summed E-state index contributed by atoms with van der Waals surface area (Å²) >= 11 is 0. The standard InChI is InChI=1S/C16H19NO7/c1-4-23-15(19)7-8-16(20)24-10-14(18)17-12-9-11(21-2)5-6-13(12)22-3/h5-9H,4,10H2,1-3H3,(H,17,18)/b8-7+. The van der Waals surface area contributed by atoms with E-state index in [0.717, 1.165) is 12.2 Å². The number of methoxy groups -OCH3 is 2. The maximum atomic E-state index is 11.8. The third-order valence-corrected chi connectivity index (χ3v) is 2.67. The summed E-state index contributed by atoms with van der Waals surface area (Å²) in [4.78, 5) is 34.3. The van der Waals surface area contributed by atoms with Gasteiger partial charge in [0.15, 0.2) is 6.61 Å². The smallest absolute Gasteiger partial charge is 0.331 e. The van der Waals surface area contributed by atoms with Crippen molar-refractivity contribution in [3.05, 3.63) is 30.4 Å². The van der Waals surface area contributed by atoms with Crippen molar-refractivity contribution in [1.82, 2.24) is 0 Å². The monoisotopic (exact) mass is 337 g/mol. The summed E-state index contributed by atoms with van der Waals surface area (Å²) in [5, 5.41) is 2.54. The van der Waals surface area contributed by atoms with Crippen LogP contribution in [0.4, 0.5) is 5.69 Å². The molecular formula is C16H19NO7. The summed E-state index contributed by atoms with van der Waals surface area (Å²) in [7, 11) is 2.95. The van der Waals surface area contributed by atoms with Crippen molar-refractivity contribution in [2.75, 3.05) is 32.8 Å². The summed E-state index contributed by atoms with van der Waals surface area (Å²) in [6.45, 7) is 1.32. The highest BCUT2D eigenvalue weighted by atomic mass is 16.5. The molecule has 0 unspecified atom stereocenters. The molecule has 1 N–H and O–H groups in total. The van der Waals surface area contributed by atoms with Gasteiger partial charge < -0.3 is 24.3 Å². The third kappa shape index (κ3) is 6.39. The highest BCUT2D eigenvalue weighted by molar-refractivity contribution is 5.96. The van der Waals surface area contributed by atoms with E-state index in [1.54, 1.807) is 25.1 Å². The minimum atomic E-state index is -0.837. The second kappa shape index (κ2) is 9.88. The van der Waals surface area contributed by atoms with Gasteiger partial charge >= 0.3 is 11.9 Å². The van der Waals surface area contributed by atoms with E-state index in [2.05, 4.69) is 10.1 Å². The number of ether oxygens (including phenoxy) is 4. The molecule has 0 bridgehead atoms. The summed E-state index contributed by atoms with van der Waals surface area (Å²) in [5.41, 5.74) is 0.375. The molecule has 0 spiro atoms. The molecule has 0 aliphatic rings. The van der Waals surface area contributed by atoms with Crippen LogP contribution in [0.5, 0.6) is 11.5 Å². The lowest BCUT2D eigenvalue weighted by Crippen LogP contribution is -2.20. The maximum Gasteiger partial charge on any atom is 0.331 e. The summed E-state index contributed by atoms with van der Waals surface area (Å²) < 4.78 is 19.5. The van der Waals surface area contributed by atoms with Crippen LogP contribution in [0.25, 0.3) is 0 Å². The molecule has 1 amide bonds. The number of anilines is 1. The third-order valence-electron chi connectivity index (χ3n) is 2.67. The number of hydrogen-bond acceptors (Lipinski definition) is 7. The number of carbonyl (C=O) groups is 3. The molecule has 0 atom stereocenters. The van der Waals surface area contributed by atoms with E-state index in [1.807, 2.05) is 0 Å². The van der Waals surface area contributed by atoms with Crippen LogP contribution in [0.1, 0.15) is 6.92 Å². The van der Waals surface area contributed by atoms with Gasteiger partial charge in [0.25, 0.3) is 5.91 Å². The van der Waals surface area contributed by atoms with Gasteiger partial charge in [-0.3, -0.25) is 4.79 Å². The van der Waals surface area contributed by atoms with Gasteiger partial charge in [0.05, 0.1) is 26.5 Å². The normalized spacial score (nSPS) is 10.1. The Kier molecular flexibility index (Phi) is 7.83. The second-order valence-corrected chi connectivity index (χ2v) is 4.31. The van der Waals surface area contributed by atoms with Crippen LogP contribution in [-0.2, 0) is 23.9 Å². The molecule has 0 saturated carbocycles. The highest BCUT2D eigenvalue weighted by Gasteiger charge is 2.11. The Morgan fingerprint density at radius 3 is 2.29 bits per heavy atom. The minimum Gasteiger partial charge on any atom is -0.497 e. The van der Waals surface area contributed by atoms with Crippen molar-refractivity contribution >= 4 is 23.5 Å². The predicted octanol–water partition coefficient (Wildman–Crippen LogP) is 1.30. The van der Waals surface area contributed by atoms with Gasteiger partial charge in [-0.15, -0.1) is 0 Å². The largest absolute Gasteiger partial charge is 0.497 e. The molecule has 8 heteroatoms. The predicted molar refractivity (Wildman–Crippen MR) is 84.9 cm³/mol. The van der Waals surface area contributed by atoms with Crippen LogP contribution in [0.15, 0.2) is 30.4 Å². The Balaban J connectivity index is 2.55. The molecule has 0 heterocycles. The van der Waals surface area contributed by atoms with Crippen LogP contribution >= 0.6 is 0 Å². The van der Waals surface area contributed by atoms with E-state index in [-0.39, 0.29) is 6.61 Å². The second-order valence-electron chi connectivity index (χ2n) is 4.31. The van der Waals surface area contributed by atoms with Gasteiger partial charge in [-0.1, -0.05) is 0 Å². The number of amides is 1. The van der Waals surface area contributed by atoms with E-state index in [9.17, 15) is 14.4 Å². The SMILES string of the molecule is CCOC(=O)/C=C/C(=O)OCC(=O)Nc1cc(OC)ccc1OC. The summed E-state index contributed by atoms with van der Waals surface area (Å²) in [6.07, 6.45) is 1.81. The first kappa shape index (κ1) is 19.0. The lowest BCUT2D eigenvalue weighted by molar-refractivity contribution is -0.143. The van der Waals surface area contributed by atoms with Crippen molar-refractivity contribution in [3.8, 4) is 11.5 Å². The molecular weight excluding hydrogens is 318 g/mol. The first-order chi connectivity index (χ1) is 11.5. The molecule has 24 heavy (non-hydrogen) atoms. The number of hydrogen-bond donors (Lipinski definition) is 1. The lowest BCUT2D eigenvalue weighted by atomic mass is 10.2. The Morgan fingerprint density at radius 1 is 1.04 bits per heavy atom. The van der Waals surface area contributed by atoms with E-state index < -0.39 is 24.5 Å². The fourth-order valence-corrected chi connectivity index (χ4v) is 1.61. The van der Waals surface area contributed by atoms with Crippen molar-refractivity contribution in [1.29, 1.82) is 0 Å². The molecule has 0 aliphatic heterocycles. The topological polar surface area (TPSA) is 100 Å². The highest BCUT2D eigenvalue weighted by Crippen LogP contribution is 2.28. The zero-order valence-corrected chi connectivity index (χ0v) is 13.7. The van der Waals surface area contributed by atoms with Crippen LogP contribution in [0.3, 0.4) is 0 Å². The first-order valence-electron chi connectivity index (χ1n) is 7.03. The number of esters is 2. The van der Waals surface area contributed by atoms with Gasteiger partial charge in [-0.2, -0.15) is 0 Å². The number of rotatable bonds is 8. The molecule has 8 nitrogen and oxygen atoms in total. The molecule has 1 rings (SSSR count).